The average Bonchev–Trinajstić information content (AvgIpc) is 1.66. The van der Waals surface area contributed by atoms with Gasteiger partial charge in [-0.15, -0.1) is 11.6 Å². The van der Waals surface area contributed by atoms with Crippen LogP contribution in [0.1, 0.15) is 6.42 Å². The Bertz CT molecular complexity index is 76.4. The van der Waals surface area contributed by atoms with Crippen molar-refractivity contribution < 1.29 is 9.90 Å². The van der Waals surface area contributed by atoms with E-state index in [1.165, 1.54) is 0 Å². The first-order valence-corrected chi connectivity index (χ1v) is 2.81. The Morgan fingerprint density at radius 3 is 2.75 bits per heavy atom. The van der Waals surface area contributed by atoms with Crippen LogP contribution >= 0.6 is 11.6 Å². The van der Waals surface area contributed by atoms with Crippen LogP contribution in [-0.2, 0) is 0 Å². The van der Waals surface area contributed by atoms with Crippen molar-refractivity contribution in [3.8, 4) is 0 Å². The van der Waals surface area contributed by atoms with Crippen molar-refractivity contribution in [2.45, 2.75) is 6.42 Å². The quantitative estimate of drug-likeness (QED) is 0.422. The molecule has 0 heterocycles. The Hall–Kier alpha value is -0.440. The highest BCUT2D eigenvalue weighted by atomic mass is 35.5. The van der Waals surface area contributed by atoms with E-state index < -0.39 is 6.09 Å². The number of amides is 1. The minimum Gasteiger partial charge on any atom is -0.530 e. The molecule has 0 radical (unpaired) electrons. The van der Waals surface area contributed by atoms with Crippen molar-refractivity contribution in [3.05, 3.63) is 0 Å². The normalized spacial score (nSPS) is 8.62. The molecule has 48 valence electrons. The Balaban J connectivity index is 2.82. The van der Waals surface area contributed by atoms with Crippen molar-refractivity contribution in [2.24, 2.45) is 0 Å². The van der Waals surface area contributed by atoms with Gasteiger partial charge in [0.1, 0.15) is 6.09 Å². The molecule has 0 saturated heterocycles. The van der Waals surface area contributed by atoms with Crippen molar-refractivity contribution in [3.63, 3.8) is 0 Å². The fourth-order valence-electron chi connectivity index (χ4n) is 0.257. The zero-order valence-electron chi connectivity index (χ0n) is 4.32. The molecular weight excluding hydrogens is 130 g/mol. The number of carbonyl (C=O) groups is 1. The first kappa shape index (κ1) is 7.56. The van der Waals surface area contributed by atoms with E-state index in [9.17, 15) is 9.90 Å². The molecule has 0 spiro atoms. The summed E-state index contributed by atoms with van der Waals surface area (Å²) in [6.07, 6.45) is -0.592. The summed E-state index contributed by atoms with van der Waals surface area (Å²) in [4.78, 5) is 9.61. The van der Waals surface area contributed by atoms with Crippen molar-refractivity contribution in [2.75, 3.05) is 12.4 Å². The Morgan fingerprint density at radius 1 is 1.75 bits per heavy atom. The molecule has 0 saturated carbocycles. The minimum atomic E-state index is -1.24. The van der Waals surface area contributed by atoms with Gasteiger partial charge in [-0.3, -0.25) is 0 Å². The molecule has 0 fully saturated rings. The second-order valence-corrected chi connectivity index (χ2v) is 1.63. The first-order chi connectivity index (χ1) is 3.77. The van der Waals surface area contributed by atoms with Crippen LogP contribution in [0.3, 0.4) is 0 Å². The number of nitrogens with one attached hydrogen (secondary N) is 1. The highest BCUT2D eigenvalue weighted by molar-refractivity contribution is 6.17. The molecule has 1 N–H and O–H groups in total. The third-order valence-corrected chi connectivity index (χ3v) is 0.847. The molecule has 0 aliphatic rings. The summed E-state index contributed by atoms with van der Waals surface area (Å²) in [7, 11) is 0. The standard InChI is InChI=1S/C4H8ClNO2/c5-2-1-3-6-4(7)8/h6H,1-3H2,(H,7,8)/p-1. The van der Waals surface area contributed by atoms with Gasteiger partial charge >= 0.3 is 0 Å². The fourth-order valence-corrected chi connectivity index (χ4v) is 0.391. The van der Waals surface area contributed by atoms with Gasteiger partial charge in [0.15, 0.2) is 0 Å². The molecule has 0 aliphatic carbocycles. The van der Waals surface area contributed by atoms with Gasteiger partial charge in [0.05, 0.1) is 0 Å². The van der Waals surface area contributed by atoms with Crippen LogP contribution in [0.15, 0.2) is 0 Å². The lowest BCUT2D eigenvalue weighted by molar-refractivity contribution is -0.250. The van der Waals surface area contributed by atoms with E-state index in [4.69, 9.17) is 11.6 Å². The van der Waals surface area contributed by atoms with Crippen LogP contribution in [0, 0.1) is 0 Å². The average molecular weight is 137 g/mol. The number of carbonyl (C=O) groups excluding carboxylic acids is 1. The number of rotatable bonds is 3. The summed E-state index contributed by atoms with van der Waals surface area (Å²) in [5.41, 5.74) is 0. The predicted octanol–water partition coefficient (Wildman–Crippen LogP) is -0.452. The van der Waals surface area contributed by atoms with Crippen LogP contribution in [0.2, 0.25) is 0 Å². The second kappa shape index (κ2) is 4.71. The van der Waals surface area contributed by atoms with Crippen LogP contribution in [-0.4, -0.2) is 18.5 Å². The largest absolute Gasteiger partial charge is 0.530 e. The molecule has 0 aromatic heterocycles. The number of alkyl halides is 1. The smallest absolute Gasteiger partial charge is 0.134 e. The number of hydrogen-bond donors (Lipinski definition) is 1. The van der Waals surface area contributed by atoms with E-state index >= 15 is 0 Å². The lowest BCUT2D eigenvalue weighted by atomic mass is 10.5. The molecule has 0 aromatic carbocycles. The number of halogens is 1. The van der Waals surface area contributed by atoms with E-state index in [0.29, 0.717) is 18.8 Å². The maximum Gasteiger partial charge on any atom is 0.134 e. The van der Waals surface area contributed by atoms with Crippen molar-refractivity contribution in [1.29, 1.82) is 0 Å². The maximum absolute atomic E-state index is 9.61. The Morgan fingerprint density at radius 2 is 2.38 bits per heavy atom. The molecule has 3 nitrogen and oxygen atoms in total. The zero-order valence-corrected chi connectivity index (χ0v) is 5.07. The van der Waals surface area contributed by atoms with Crippen LogP contribution in [0.25, 0.3) is 0 Å². The molecule has 0 aliphatic heterocycles. The summed E-state index contributed by atoms with van der Waals surface area (Å²) >= 11 is 5.23. The van der Waals surface area contributed by atoms with Crippen molar-refractivity contribution in [1.82, 2.24) is 5.32 Å². The fraction of sp³-hybridized carbons (Fsp3) is 0.750. The second-order valence-electron chi connectivity index (χ2n) is 1.26. The molecule has 0 aromatic rings. The van der Waals surface area contributed by atoms with E-state index in [1.54, 1.807) is 0 Å². The molecule has 8 heavy (non-hydrogen) atoms. The Labute approximate surface area is 52.6 Å². The molecule has 0 atom stereocenters. The van der Waals surface area contributed by atoms with Crippen molar-refractivity contribution >= 4 is 17.7 Å². The first-order valence-electron chi connectivity index (χ1n) is 2.28. The summed E-state index contributed by atoms with van der Waals surface area (Å²) in [6, 6.07) is 0. The highest BCUT2D eigenvalue weighted by Crippen LogP contribution is 1.79. The van der Waals surface area contributed by atoms with E-state index in [-0.39, 0.29) is 0 Å². The van der Waals surface area contributed by atoms with Gasteiger partial charge in [0.2, 0.25) is 0 Å². The summed E-state index contributed by atoms with van der Waals surface area (Å²) in [5, 5.41) is 11.7. The van der Waals surface area contributed by atoms with Gasteiger partial charge in [0, 0.05) is 12.4 Å². The van der Waals surface area contributed by atoms with Gasteiger partial charge in [-0.25, -0.2) is 0 Å². The third-order valence-electron chi connectivity index (χ3n) is 0.580. The predicted molar refractivity (Wildman–Crippen MR) is 28.7 cm³/mol. The number of hydrogen-bond acceptors (Lipinski definition) is 2. The SMILES string of the molecule is O=C([O-])NCCCCl. The highest BCUT2D eigenvalue weighted by Gasteiger charge is 1.81. The number of carboxylic acid groups (broad SMARTS) is 1. The van der Waals surface area contributed by atoms with Gasteiger partial charge in [-0.2, -0.15) is 0 Å². The minimum absolute atomic E-state index is 0.381. The summed E-state index contributed by atoms with van der Waals surface area (Å²) in [6.45, 7) is 0.381. The topological polar surface area (TPSA) is 52.2 Å². The lowest BCUT2D eigenvalue weighted by Crippen LogP contribution is -2.37. The molecule has 0 rings (SSSR count). The molecule has 0 unspecified atom stereocenters. The van der Waals surface area contributed by atoms with Gasteiger partial charge < -0.3 is 15.2 Å². The van der Waals surface area contributed by atoms with Gasteiger partial charge in [-0.05, 0) is 6.42 Å². The molecule has 1 amide bonds. The third kappa shape index (κ3) is 5.56. The van der Waals surface area contributed by atoms with E-state index in [1.807, 2.05) is 0 Å². The van der Waals surface area contributed by atoms with E-state index in [2.05, 4.69) is 5.32 Å². The van der Waals surface area contributed by atoms with Crippen LogP contribution < -0.4 is 10.4 Å². The molecule has 0 bridgehead atoms. The molecular formula is C4H7ClNO2-. The lowest BCUT2D eigenvalue weighted by Gasteiger charge is -2.02. The van der Waals surface area contributed by atoms with Crippen LogP contribution in [0.4, 0.5) is 4.79 Å². The van der Waals surface area contributed by atoms with Gasteiger partial charge in [-0.1, -0.05) is 0 Å². The van der Waals surface area contributed by atoms with Gasteiger partial charge in [0.25, 0.3) is 0 Å². The maximum atomic E-state index is 9.61. The molecule has 4 heteroatoms. The van der Waals surface area contributed by atoms with Crippen LogP contribution in [0.5, 0.6) is 0 Å². The zero-order chi connectivity index (χ0) is 6.41. The Kier molecular flexibility index (Phi) is 4.45. The summed E-state index contributed by atoms with van der Waals surface area (Å²) in [5.74, 6) is 0.473. The monoisotopic (exact) mass is 136 g/mol. The summed E-state index contributed by atoms with van der Waals surface area (Å²) < 4.78 is 0. The van der Waals surface area contributed by atoms with E-state index in [0.717, 1.165) is 0 Å².